The van der Waals surface area contributed by atoms with Gasteiger partial charge in [0.2, 0.25) is 0 Å². The van der Waals surface area contributed by atoms with Gasteiger partial charge in [-0.15, -0.1) is 0 Å². The Labute approximate surface area is 99.8 Å². The predicted molar refractivity (Wildman–Crippen MR) is 68.6 cm³/mol. The number of amides is 1. The van der Waals surface area contributed by atoms with E-state index < -0.39 is 0 Å². The number of carbonyl (C=O) groups is 1. The van der Waals surface area contributed by atoms with Gasteiger partial charge in [0.25, 0.3) is 5.91 Å². The Kier molecular flexibility index (Phi) is 3.72. The third-order valence-electron chi connectivity index (χ3n) is 2.75. The Morgan fingerprint density at radius 3 is 2.81 bits per heavy atom. The summed E-state index contributed by atoms with van der Waals surface area (Å²) in [6, 6.07) is 7.02. The number of nitrogens with one attached hydrogen (secondary N) is 1. The molecule has 0 aliphatic carbocycles. The number of hydrogen-bond acceptors (Lipinski definition) is 3. The second-order valence-electron chi connectivity index (χ2n) is 4.06. The number of thioether (sulfide) groups is 1. The monoisotopic (exact) mass is 236 g/mol. The third-order valence-corrected chi connectivity index (χ3v) is 3.98. The Morgan fingerprint density at radius 2 is 2.19 bits per heavy atom. The van der Waals surface area contributed by atoms with Crippen LogP contribution in [0, 0.1) is 5.92 Å². The van der Waals surface area contributed by atoms with Gasteiger partial charge >= 0.3 is 0 Å². The van der Waals surface area contributed by atoms with Gasteiger partial charge in [-0.05, 0) is 48.1 Å². The highest BCUT2D eigenvalue weighted by molar-refractivity contribution is 7.99. The van der Waals surface area contributed by atoms with Crippen LogP contribution in [0.4, 0.5) is 5.69 Å². The summed E-state index contributed by atoms with van der Waals surface area (Å²) in [5.41, 5.74) is 6.93. The second-order valence-corrected chi connectivity index (χ2v) is 5.21. The molecule has 3 N–H and O–H groups in total. The molecule has 2 rings (SSSR count). The van der Waals surface area contributed by atoms with Crippen LogP contribution in [0.15, 0.2) is 24.3 Å². The van der Waals surface area contributed by atoms with Crippen LogP contribution in [-0.2, 0) is 0 Å². The molecule has 4 heteroatoms. The molecule has 1 aromatic rings. The van der Waals surface area contributed by atoms with Crippen LogP contribution in [0.25, 0.3) is 0 Å². The van der Waals surface area contributed by atoms with E-state index in [-0.39, 0.29) is 5.91 Å². The largest absolute Gasteiger partial charge is 0.399 e. The topological polar surface area (TPSA) is 55.1 Å². The van der Waals surface area contributed by atoms with E-state index in [0.717, 1.165) is 6.54 Å². The van der Waals surface area contributed by atoms with Crippen molar-refractivity contribution >= 4 is 23.4 Å². The number of benzene rings is 1. The Bertz CT molecular complexity index is 358. The molecule has 1 unspecified atom stereocenters. The van der Waals surface area contributed by atoms with E-state index in [2.05, 4.69) is 5.32 Å². The van der Waals surface area contributed by atoms with Gasteiger partial charge < -0.3 is 11.1 Å². The predicted octanol–water partition coefficient (Wildman–Crippen LogP) is 1.75. The Hall–Kier alpha value is -1.16. The van der Waals surface area contributed by atoms with E-state index in [4.69, 9.17) is 5.73 Å². The molecule has 1 atom stereocenters. The van der Waals surface area contributed by atoms with Crippen LogP contribution < -0.4 is 11.1 Å². The lowest BCUT2D eigenvalue weighted by atomic mass is 10.1. The average Bonchev–Trinajstić information content (AvgIpc) is 2.80. The summed E-state index contributed by atoms with van der Waals surface area (Å²) in [4.78, 5) is 11.8. The quantitative estimate of drug-likeness (QED) is 0.786. The summed E-state index contributed by atoms with van der Waals surface area (Å²) in [6.07, 6.45) is 1.21. The fourth-order valence-electron chi connectivity index (χ4n) is 1.72. The molecular formula is C12H16N2OS. The number of rotatable bonds is 3. The van der Waals surface area contributed by atoms with E-state index in [1.807, 2.05) is 11.8 Å². The third kappa shape index (κ3) is 2.92. The normalized spacial score (nSPS) is 19.6. The lowest BCUT2D eigenvalue weighted by Gasteiger charge is -2.09. The first-order valence-corrected chi connectivity index (χ1v) is 6.62. The SMILES string of the molecule is Nc1ccc(C(=O)NCC2CCSC2)cc1. The molecule has 1 aliphatic rings. The van der Waals surface area contributed by atoms with Gasteiger partial charge in [0.15, 0.2) is 0 Å². The van der Waals surface area contributed by atoms with Crippen molar-refractivity contribution in [3.05, 3.63) is 29.8 Å². The molecule has 0 aromatic heterocycles. The van der Waals surface area contributed by atoms with Gasteiger partial charge in [0.1, 0.15) is 0 Å². The van der Waals surface area contributed by atoms with Crippen LogP contribution in [0.2, 0.25) is 0 Å². The first-order chi connectivity index (χ1) is 7.75. The van der Waals surface area contributed by atoms with Gasteiger partial charge in [-0.3, -0.25) is 4.79 Å². The highest BCUT2D eigenvalue weighted by Crippen LogP contribution is 2.22. The number of hydrogen-bond donors (Lipinski definition) is 2. The van der Waals surface area contributed by atoms with Crippen LogP contribution in [0.1, 0.15) is 16.8 Å². The Morgan fingerprint density at radius 1 is 1.44 bits per heavy atom. The van der Waals surface area contributed by atoms with E-state index in [1.165, 1.54) is 17.9 Å². The molecule has 86 valence electrons. The van der Waals surface area contributed by atoms with Gasteiger partial charge in [-0.25, -0.2) is 0 Å². The molecule has 1 aromatic carbocycles. The molecule has 0 bridgehead atoms. The molecule has 1 amide bonds. The summed E-state index contributed by atoms with van der Waals surface area (Å²) < 4.78 is 0. The maximum Gasteiger partial charge on any atom is 0.251 e. The summed E-state index contributed by atoms with van der Waals surface area (Å²) in [7, 11) is 0. The van der Waals surface area contributed by atoms with E-state index in [1.54, 1.807) is 24.3 Å². The first kappa shape index (κ1) is 11.3. The summed E-state index contributed by atoms with van der Waals surface area (Å²) in [6.45, 7) is 0.788. The number of nitrogen functional groups attached to an aromatic ring is 1. The molecule has 0 radical (unpaired) electrons. The van der Waals surface area contributed by atoms with E-state index in [9.17, 15) is 4.79 Å². The maximum atomic E-state index is 11.8. The highest BCUT2D eigenvalue weighted by Gasteiger charge is 2.16. The zero-order valence-electron chi connectivity index (χ0n) is 9.11. The van der Waals surface area contributed by atoms with Crippen molar-refractivity contribution in [1.82, 2.24) is 5.32 Å². The van der Waals surface area contributed by atoms with Gasteiger partial charge in [-0.1, -0.05) is 0 Å². The molecule has 3 nitrogen and oxygen atoms in total. The smallest absolute Gasteiger partial charge is 0.251 e. The van der Waals surface area contributed by atoms with Crippen molar-refractivity contribution in [2.24, 2.45) is 5.92 Å². The van der Waals surface area contributed by atoms with Crippen molar-refractivity contribution < 1.29 is 4.79 Å². The molecule has 0 saturated carbocycles. The summed E-state index contributed by atoms with van der Waals surface area (Å²) >= 11 is 1.96. The number of carbonyl (C=O) groups excluding carboxylic acids is 1. The van der Waals surface area contributed by atoms with Crippen LogP contribution in [0.5, 0.6) is 0 Å². The van der Waals surface area contributed by atoms with Gasteiger partial charge in [0.05, 0.1) is 0 Å². The van der Waals surface area contributed by atoms with Crippen molar-refractivity contribution in [1.29, 1.82) is 0 Å². The van der Waals surface area contributed by atoms with Crippen LogP contribution in [0.3, 0.4) is 0 Å². The fraction of sp³-hybridized carbons (Fsp3) is 0.417. The first-order valence-electron chi connectivity index (χ1n) is 5.47. The molecular weight excluding hydrogens is 220 g/mol. The minimum Gasteiger partial charge on any atom is -0.399 e. The van der Waals surface area contributed by atoms with Crippen molar-refractivity contribution in [2.45, 2.75) is 6.42 Å². The van der Waals surface area contributed by atoms with Gasteiger partial charge in [0, 0.05) is 17.8 Å². The van der Waals surface area contributed by atoms with Gasteiger partial charge in [-0.2, -0.15) is 11.8 Å². The minimum absolute atomic E-state index is 0.00287. The van der Waals surface area contributed by atoms with Crippen molar-refractivity contribution in [3.8, 4) is 0 Å². The van der Waals surface area contributed by atoms with Crippen molar-refractivity contribution in [2.75, 3.05) is 23.8 Å². The summed E-state index contributed by atoms with van der Waals surface area (Å²) in [5.74, 6) is 3.03. The minimum atomic E-state index is -0.00287. The highest BCUT2D eigenvalue weighted by atomic mass is 32.2. The van der Waals surface area contributed by atoms with E-state index in [0.29, 0.717) is 17.2 Å². The number of anilines is 1. The van der Waals surface area contributed by atoms with Crippen molar-refractivity contribution in [3.63, 3.8) is 0 Å². The molecule has 0 spiro atoms. The zero-order chi connectivity index (χ0) is 11.4. The maximum absolute atomic E-state index is 11.8. The number of nitrogens with two attached hydrogens (primary N) is 1. The standard InChI is InChI=1S/C12H16N2OS/c13-11-3-1-10(2-4-11)12(15)14-7-9-5-6-16-8-9/h1-4,9H,5-8,13H2,(H,14,15). The van der Waals surface area contributed by atoms with E-state index >= 15 is 0 Å². The lowest BCUT2D eigenvalue weighted by molar-refractivity contribution is 0.0948. The average molecular weight is 236 g/mol. The van der Waals surface area contributed by atoms with Crippen LogP contribution >= 0.6 is 11.8 Å². The lowest BCUT2D eigenvalue weighted by Crippen LogP contribution is -2.29. The molecule has 16 heavy (non-hydrogen) atoms. The molecule has 1 fully saturated rings. The summed E-state index contributed by atoms with van der Waals surface area (Å²) in [5, 5.41) is 2.97. The van der Waals surface area contributed by atoms with Crippen LogP contribution in [-0.4, -0.2) is 24.0 Å². The fourth-order valence-corrected chi connectivity index (χ4v) is 3.00. The second kappa shape index (κ2) is 5.25. The Balaban J connectivity index is 1.85. The zero-order valence-corrected chi connectivity index (χ0v) is 9.93. The molecule has 1 heterocycles. The molecule has 1 saturated heterocycles. The molecule has 1 aliphatic heterocycles.